The number of aromatic amines is 1. The number of fused-ring (bicyclic) bond motifs is 1. The second-order valence-electron chi connectivity index (χ2n) is 8.08. The molecule has 3 heterocycles. The van der Waals surface area contributed by atoms with E-state index in [4.69, 9.17) is 25.6 Å². The van der Waals surface area contributed by atoms with Crippen molar-refractivity contribution in [3.8, 4) is 22.9 Å². The van der Waals surface area contributed by atoms with Crippen molar-refractivity contribution < 1.29 is 29.0 Å². The Balaban J connectivity index is 1.50. The maximum atomic E-state index is 13.0. The molecule has 1 aliphatic rings. The minimum Gasteiger partial charge on any atom is -0.494 e. The fraction of sp³-hybridized carbons (Fsp3) is 0.250. The number of aliphatic hydroxyl groups excluding tert-OH is 1. The van der Waals surface area contributed by atoms with Crippen molar-refractivity contribution in [2.45, 2.75) is 12.2 Å². The highest BCUT2D eigenvalue weighted by Crippen LogP contribution is 2.38. The van der Waals surface area contributed by atoms with Crippen LogP contribution in [0.3, 0.4) is 0 Å². The molecule has 1 saturated heterocycles. The minimum atomic E-state index is -0.539. The number of aromatic nitrogens is 2. The van der Waals surface area contributed by atoms with Gasteiger partial charge in [0.1, 0.15) is 6.10 Å². The van der Waals surface area contributed by atoms with Crippen LogP contribution in [-0.4, -0.2) is 65.7 Å². The van der Waals surface area contributed by atoms with Crippen LogP contribution in [0.2, 0.25) is 5.02 Å². The number of hydrogen-bond acceptors (Lipinski definition) is 8. The fourth-order valence-electron chi connectivity index (χ4n) is 4.29. The third-order valence-electron chi connectivity index (χ3n) is 6.10. The lowest BCUT2D eigenvalue weighted by Crippen LogP contribution is -2.25. The van der Waals surface area contributed by atoms with E-state index in [0.29, 0.717) is 34.6 Å². The Kier molecular flexibility index (Phi) is 5.68. The smallest absolute Gasteiger partial charge is 0.254 e. The molecule has 10 heteroatoms. The zero-order chi connectivity index (χ0) is 24.0. The quantitative estimate of drug-likeness (QED) is 0.355. The van der Waals surface area contributed by atoms with Crippen molar-refractivity contribution in [1.29, 1.82) is 0 Å². The molecule has 0 aliphatic carbocycles. The number of nitrogens with one attached hydrogen (secondary N) is 1. The summed E-state index contributed by atoms with van der Waals surface area (Å²) in [6.07, 6.45) is -0.763. The second kappa shape index (κ2) is 8.68. The molecule has 1 fully saturated rings. The normalized spacial score (nSPS) is 18.1. The summed E-state index contributed by atoms with van der Waals surface area (Å²) in [5.74, 6) is -0.729. The number of carbonyl (C=O) groups is 1. The highest BCUT2D eigenvalue weighted by Gasteiger charge is 2.31. The first-order valence-corrected chi connectivity index (χ1v) is 10.9. The number of β-amino-alcohol motifs (C(OH)–C–C–N with tert-alkyl or cyclic N) is 1. The lowest BCUT2D eigenvalue weighted by Gasteiger charge is -2.18. The Hall–Kier alpha value is -3.53. The summed E-state index contributed by atoms with van der Waals surface area (Å²) in [5, 5.41) is 25.2. The molecule has 4 aromatic rings. The highest BCUT2D eigenvalue weighted by molar-refractivity contribution is 6.34. The number of benzene rings is 2. The van der Waals surface area contributed by atoms with Gasteiger partial charge in [0.25, 0.3) is 5.88 Å². The van der Waals surface area contributed by atoms with Gasteiger partial charge in [0.05, 0.1) is 35.4 Å². The van der Waals surface area contributed by atoms with E-state index in [-0.39, 0.29) is 29.2 Å². The van der Waals surface area contributed by atoms with Crippen molar-refractivity contribution in [2.24, 2.45) is 0 Å². The van der Waals surface area contributed by atoms with Gasteiger partial charge in [-0.3, -0.25) is 4.79 Å². The SMILES string of the molecule is COc1cc(C(=O)c2c(O)[nH]c3cc(Cl)c(-c4ccc(N5C[C@H](OC)[C@@H](O)C5)cc4)cc23)on1. The summed E-state index contributed by atoms with van der Waals surface area (Å²) < 4.78 is 15.3. The van der Waals surface area contributed by atoms with Crippen LogP contribution >= 0.6 is 11.6 Å². The number of ketones is 1. The van der Waals surface area contributed by atoms with Crippen LogP contribution in [0.5, 0.6) is 11.8 Å². The summed E-state index contributed by atoms with van der Waals surface area (Å²) >= 11 is 6.55. The van der Waals surface area contributed by atoms with Crippen molar-refractivity contribution in [2.75, 3.05) is 32.2 Å². The van der Waals surface area contributed by atoms with Crippen molar-refractivity contribution in [3.05, 3.63) is 58.8 Å². The Morgan fingerprint density at radius 2 is 1.97 bits per heavy atom. The summed E-state index contributed by atoms with van der Waals surface area (Å²) in [6, 6.07) is 12.5. The summed E-state index contributed by atoms with van der Waals surface area (Å²) in [5.41, 5.74) is 3.04. The van der Waals surface area contributed by atoms with Gasteiger partial charge in [0.2, 0.25) is 17.4 Å². The average Bonchev–Trinajstić information content (AvgIpc) is 3.54. The second-order valence-corrected chi connectivity index (χ2v) is 8.49. The number of H-pyrrole nitrogens is 1. The Bertz CT molecular complexity index is 1360. The van der Waals surface area contributed by atoms with Gasteiger partial charge in [-0.05, 0) is 35.0 Å². The van der Waals surface area contributed by atoms with E-state index in [9.17, 15) is 15.0 Å². The molecular weight excluding hydrogens is 462 g/mol. The number of ether oxygens (including phenoxy) is 2. The fourth-order valence-corrected chi connectivity index (χ4v) is 4.56. The molecule has 5 rings (SSSR count). The molecule has 2 aromatic heterocycles. The van der Waals surface area contributed by atoms with E-state index < -0.39 is 11.9 Å². The number of rotatable bonds is 6. The number of aromatic hydroxyl groups is 1. The molecule has 9 nitrogen and oxygen atoms in total. The molecular formula is C24H22ClN3O6. The number of halogens is 1. The van der Waals surface area contributed by atoms with Crippen LogP contribution in [0.15, 0.2) is 47.0 Å². The molecule has 0 saturated carbocycles. The molecule has 0 amide bonds. The predicted octanol–water partition coefficient (Wildman–Crippen LogP) is 3.62. The number of methoxy groups -OCH3 is 2. The topological polar surface area (TPSA) is 121 Å². The maximum absolute atomic E-state index is 13.0. The maximum Gasteiger partial charge on any atom is 0.254 e. The standard InChI is InChI=1S/C24H22ClN3O6/c1-32-20-11-28(10-18(20)29)13-5-3-12(4-6-13)14-7-15-17(8-16(14)25)26-24(31)22(15)23(30)19-9-21(33-2)27-34-19/h3-9,18,20,26,29,31H,10-11H2,1-2H3/t18-,20-/m0/s1. The first kappa shape index (κ1) is 22.3. The molecule has 0 bridgehead atoms. The van der Waals surface area contributed by atoms with Gasteiger partial charge >= 0.3 is 0 Å². The van der Waals surface area contributed by atoms with Crippen LogP contribution in [0, 0.1) is 0 Å². The first-order chi connectivity index (χ1) is 16.4. The van der Waals surface area contributed by atoms with E-state index in [0.717, 1.165) is 11.3 Å². The van der Waals surface area contributed by atoms with E-state index >= 15 is 0 Å². The minimum absolute atomic E-state index is 0.0556. The molecule has 3 N–H and O–H groups in total. The lowest BCUT2D eigenvalue weighted by molar-refractivity contribution is 0.0217. The number of carbonyl (C=O) groups excluding carboxylic acids is 1. The summed E-state index contributed by atoms with van der Waals surface area (Å²) in [7, 11) is 3.01. The highest BCUT2D eigenvalue weighted by atomic mass is 35.5. The van der Waals surface area contributed by atoms with Crippen LogP contribution < -0.4 is 9.64 Å². The van der Waals surface area contributed by atoms with E-state index in [1.807, 2.05) is 24.3 Å². The predicted molar refractivity (Wildman–Crippen MR) is 126 cm³/mol. The van der Waals surface area contributed by atoms with Crippen LogP contribution in [0.4, 0.5) is 5.69 Å². The van der Waals surface area contributed by atoms with Crippen LogP contribution in [0.1, 0.15) is 16.1 Å². The molecule has 176 valence electrons. The van der Waals surface area contributed by atoms with Crippen molar-refractivity contribution in [3.63, 3.8) is 0 Å². The average molecular weight is 484 g/mol. The zero-order valence-corrected chi connectivity index (χ0v) is 19.2. The Morgan fingerprint density at radius 1 is 1.21 bits per heavy atom. The molecule has 0 unspecified atom stereocenters. The zero-order valence-electron chi connectivity index (χ0n) is 18.4. The van der Waals surface area contributed by atoms with Crippen molar-refractivity contribution >= 4 is 34.0 Å². The van der Waals surface area contributed by atoms with Gasteiger partial charge in [-0.25, -0.2) is 0 Å². The third kappa shape index (κ3) is 3.77. The van der Waals surface area contributed by atoms with Gasteiger partial charge in [-0.15, -0.1) is 0 Å². The Morgan fingerprint density at radius 3 is 2.62 bits per heavy atom. The summed E-state index contributed by atoms with van der Waals surface area (Å²) in [4.78, 5) is 17.9. The van der Waals surface area contributed by atoms with Gasteiger partial charge in [-0.2, -0.15) is 0 Å². The monoisotopic (exact) mass is 483 g/mol. The number of hydrogen-bond donors (Lipinski definition) is 3. The molecule has 34 heavy (non-hydrogen) atoms. The van der Waals surface area contributed by atoms with Crippen LogP contribution in [0.25, 0.3) is 22.0 Å². The first-order valence-electron chi connectivity index (χ1n) is 10.6. The van der Waals surface area contributed by atoms with Gasteiger partial charge in [0.15, 0.2) is 0 Å². The molecule has 0 spiro atoms. The number of anilines is 1. The summed E-state index contributed by atoms with van der Waals surface area (Å²) in [6.45, 7) is 1.09. The molecule has 2 atom stereocenters. The number of nitrogens with zero attached hydrogens (tertiary/aromatic N) is 2. The molecule has 1 aliphatic heterocycles. The molecule has 2 aromatic carbocycles. The third-order valence-corrected chi connectivity index (χ3v) is 6.41. The van der Waals surface area contributed by atoms with Crippen molar-refractivity contribution in [1.82, 2.24) is 10.1 Å². The van der Waals surface area contributed by atoms with E-state index in [2.05, 4.69) is 15.0 Å². The van der Waals surface area contributed by atoms with Gasteiger partial charge in [-0.1, -0.05) is 23.7 Å². The lowest BCUT2D eigenvalue weighted by atomic mass is 10.00. The largest absolute Gasteiger partial charge is 0.494 e. The van der Waals surface area contributed by atoms with Gasteiger partial charge < -0.3 is 34.1 Å². The Labute approximate surface area is 199 Å². The molecule has 0 radical (unpaired) electrons. The van der Waals surface area contributed by atoms with E-state index in [1.165, 1.54) is 13.2 Å². The number of aliphatic hydroxyl groups is 1. The van der Waals surface area contributed by atoms with Crippen LogP contribution in [-0.2, 0) is 4.74 Å². The van der Waals surface area contributed by atoms with E-state index in [1.54, 1.807) is 19.2 Å². The van der Waals surface area contributed by atoms with Gasteiger partial charge in [0, 0.05) is 36.8 Å².